The van der Waals surface area contributed by atoms with E-state index in [2.05, 4.69) is 32.0 Å². The summed E-state index contributed by atoms with van der Waals surface area (Å²) in [6.45, 7) is 4.20. The number of hydrogen-bond acceptors (Lipinski definition) is 2. The zero-order valence-corrected chi connectivity index (χ0v) is 10.5. The van der Waals surface area contributed by atoms with E-state index in [9.17, 15) is 5.11 Å². The molecular formula is C15H20O2. The molecule has 2 bridgehead atoms. The van der Waals surface area contributed by atoms with Crippen LogP contribution in [0.3, 0.4) is 0 Å². The molecule has 1 N–H and O–H groups in total. The molecule has 4 unspecified atom stereocenters. The molecule has 92 valence electrons. The molecule has 0 amide bonds. The second-order valence-electron chi connectivity index (χ2n) is 5.56. The highest BCUT2D eigenvalue weighted by atomic mass is 16.5. The Hall–Kier alpha value is -0.860. The van der Waals surface area contributed by atoms with Crippen LogP contribution in [-0.4, -0.2) is 17.3 Å². The highest BCUT2D eigenvalue weighted by Crippen LogP contribution is 2.44. The summed E-state index contributed by atoms with van der Waals surface area (Å²) in [6, 6.07) is 6.27. The van der Waals surface area contributed by atoms with E-state index in [0.717, 1.165) is 18.4 Å². The third-order valence-corrected chi connectivity index (χ3v) is 4.43. The molecule has 0 aromatic heterocycles. The SMILES string of the molecule is Cc1ccc(C(O)C2CC3CCC2O3)cc1C. The van der Waals surface area contributed by atoms with E-state index in [1.54, 1.807) is 0 Å². The fourth-order valence-corrected chi connectivity index (χ4v) is 3.21. The van der Waals surface area contributed by atoms with Gasteiger partial charge < -0.3 is 9.84 Å². The first-order valence-corrected chi connectivity index (χ1v) is 6.56. The molecule has 0 saturated carbocycles. The molecule has 4 atom stereocenters. The summed E-state index contributed by atoms with van der Waals surface area (Å²) in [6.07, 6.45) is 3.67. The number of aliphatic hydroxyl groups excluding tert-OH is 1. The molecule has 2 heterocycles. The third-order valence-electron chi connectivity index (χ3n) is 4.43. The molecule has 2 heteroatoms. The van der Waals surface area contributed by atoms with Gasteiger partial charge in [0, 0.05) is 5.92 Å². The molecule has 2 aliphatic heterocycles. The lowest BCUT2D eigenvalue weighted by Crippen LogP contribution is -2.23. The van der Waals surface area contributed by atoms with Crippen LogP contribution in [0.25, 0.3) is 0 Å². The van der Waals surface area contributed by atoms with Crippen molar-refractivity contribution < 1.29 is 9.84 Å². The molecule has 2 nitrogen and oxygen atoms in total. The largest absolute Gasteiger partial charge is 0.388 e. The van der Waals surface area contributed by atoms with Crippen LogP contribution in [-0.2, 0) is 4.74 Å². The van der Waals surface area contributed by atoms with E-state index in [-0.39, 0.29) is 12.2 Å². The Labute approximate surface area is 103 Å². The average Bonchev–Trinajstić information content (AvgIpc) is 2.93. The second kappa shape index (κ2) is 4.11. The Morgan fingerprint density at radius 3 is 2.65 bits per heavy atom. The van der Waals surface area contributed by atoms with Gasteiger partial charge in [0.2, 0.25) is 0 Å². The van der Waals surface area contributed by atoms with Crippen molar-refractivity contribution in [1.82, 2.24) is 0 Å². The predicted octanol–water partition coefficient (Wildman–Crippen LogP) is 2.90. The van der Waals surface area contributed by atoms with Gasteiger partial charge in [0.25, 0.3) is 0 Å². The highest BCUT2D eigenvalue weighted by molar-refractivity contribution is 5.31. The molecule has 2 saturated heterocycles. The second-order valence-corrected chi connectivity index (χ2v) is 5.56. The van der Waals surface area contributed by atoms with Crippen molar-refractivity contribution in [2.24, 2.45) is 5.92 Å². The summed E-state index contributed by atoms with van der Waals surface area (Å²) in [4.78, 5) is 0. The molecule has 3 rings (SSSR count). The Balaban J connectivity index is 1.81. The van der Waals surface area contributed by atoms with E-state index in [1.807, 2.05) is 0 Å². The first-order chi connectivity index (χ1) is 8.15. The van der Waals surface area contributed by atoms with Crippen molar-refractivity contribution in [3.8, 4) is 0 Å². The Bertz CT molecular complexity index is 427. The highest BCUT2D eigenvalue weighted by Gasteiger charge is 2.44. The van der Waals surface area contributed by atoms with Crippen molar-refractivity contribution in [3.05, 3.63) is 34.9 Å². The van der Waals surface area contributed by atoms with Crippen molar-refractivity contribution in [2.75, 3.05) is 0 Å². The first kappa shape index (κ1) is 11.2. The normalized spacial score (nSPS) is 33.0. The number of rotatable bonds is 2. The maximum Gasteiger partial charge on any atom is 0.0844 e. The van der Waals surface area contributed by atoms with Crippen molar-refractivity contribution in [3.63, 3.8) is 0 Å². The van der Waals surface area contributed by atoms with Crippen molar-refractivity contribution >= 4 is 0 Å². The van der Waals surface area contributed by atoms with Gasteiger partial charge in [-0.25, -0.2) is 0 Å². The summed E-state index contributed by atoms with van der Waals surface area (Å²) in [5.41, 5.74) is 3.59. The smallest absolute Gasteiger partial charge is 0.0844 e. The maximum atomic E-state index is 10.5. The number of benzene rings is 1. The van der Waals surface area contributed by atoms with Gasteiger partial charge in [0.05, 0.1) is 18.3 Å². The number of aryl methyl sites for hydroxylation is 2. The molecule has 0 spiro atoms. The third kappa shape index (κ3) is 1.90. The monoisotopic (exact) mass is 232 g/mol. The molecule has 0 radical (unpaired) electrons. The summed E-state index contributed by atoms with van der Waals surface area (Å²) in [5, 5.41) is 10.5. The van der Waals surface area contributed by atoms with Crippen LogP contribution >= 0.6 is 0 Å². The molecule has 1 aromatic carbocycles. The van der Waals surface area contributed by atoms with Crippen LogP contribution in [0.2, 0.25) is 0 Å². The summed E-state index contributed by atoms with van der Waals surface area (Å²) in [7, 11) is 0. The van der Waals surface area contributed by atoms with E-state index in [4.69, 9.17) is 4.74 Å². The van der Waals surface area contributed by atoms with Gasteiger partial charge >= 0.3 is 0 Å². The van der Waals surface area contributed by atoms with Gasteiger partial charge in [-0.15, -0.1) is 0 Å². The van der Waals surface area contributed by atoms with Crippen LogP contribution in [0.5, 0.6) is 0 Å². The summed E-state index contributed by atoms with van der Waals surface area (Å²) >= 11 is 0. The Morgan fingerprint density at radius 2 is 2.06 bits per heavy atom. The molecule has 2 aliphatic rings. The zero-order valence-electron chi connectivity index (χ0n) is 10.5. The van der Waals surface area contributed by atoms with Gasteiger partial charge in [0.1, 0.15) is 0 Å². The van der Waals surface area contributed by atoms with Crippen LogP contribution in [0.15, 0.2) is 18.2 Å². The topological polar surface area (TPSA) is 29.5 Å². The van der Waals surface area contributed by atoms with E-state index < -0.39 is 0 Å². The molecule has 17 heavy (non-hydrogen) atoms. The number of ether oxygens (including phenoxy) is 1. The molecule has 2 fully saturated rings. The van der Waals surface area contributed by atoms with Crippen LogP contribution < -0.4 is 0 Å². The van der Waals surface area contributed by atoms with Gasteiger partial charge in [0.15, 0.2) is 0 Å². The maximum absolute atomic E-state index is 10.5. The van der Waals surface area contributed by atoms with Crippen LogP contribution in [0.4, 0.5) is 0 Å². The van der Waals surface area contributed by atoms with Gasteiger partial charge in [-0.05, 0) is 49.8 Å². The van der Waals surface area contributed by atoms with Crippen molar-refractivity contribution in [2.45, 2.75) is 51.4 Å². The number of aliphatic hydroxyl groups is 1. The lowest BCUT2D eigenvalue weighted by molar-refractivity contribution is 0.0422. The lowest BCUT2D eigenvalue weighted by atomic mass is 9.82. The van der Waals surface area contributed by atoms with Gasteiger partial charge in [-0.2, -0.15) is 0 Å². The Morgan fingerprint density at radius 1 is 1.24 bits per heavy atom. The number of fused-ring (bicyclic) bond motifs is 2. The first-order valence-electron chi connectivity index (χ1n) is 6.56. The summed E-state index contributed by atoms with van der Waals surface area (Å²) in [5.74, 6) is 0.302. The van der Waals surface area contributed by atoms with Crippen molar-refractivity contribution in [1.29, 1.82) is 0 Å². The minimum absolute atomic E-state index is 0.289. The van der Waals surface area contributed by atoms with E-state index in [1.165, 1.54) is 17.5 Å². The lowest BCUT2D eigenvalue weighted by Gasteiger charge is -2.25. The zero-order chi connectivity index (χ0) is 12.0. The van der Waals surface area contributed by atoms with Gasteiger partial charge in [-0.3, -0.25) is 0 Å². The standard InChI is InChI=1S/C15H20O2/c1-9-3-4-11(7-10(9)2)15(16)13-8-12-5-6-14(13)17-12/h3-4,7,12-16H,5-6,8H2,1-2H3. The van der Waals surface area contributed by atoms with Crippen LogP contribution in [0, 0.1) is 19.8 Å². The quantitative estimate of drug-likeness (QED) is 0.849. The molecular weight excluding hydrogens is 212 g/mol. The Kier molecular flexibility index (Phi) is 2.72. The van der Waals surface area contributed by atoms with E-state index >= 15 is 0 Å². The van der Waals surface area contributed by atoms with E-state index in [0.29, 0.717) is 12.0 Å². The number of hydrogen-bond donors (Lipinski definition) is 1. The average molecular weight is 232 g/mol. The predicted molar refractivity (Wildman–Crippen MR) is 66.9 cm³/mol. The minimum atomic E-state index is -0.357. The fourth-order valence-electron chi connectivity index (χ4n) is 3.21. The fraction of sp³-hybridized carbons (Fsp3) is 0.600. The summed E-state index contributed by atoms with van der Waals surface area (Å²) < 4.78 is 5.82. The molecule has 0 aliphatic carbocycles. The molecule has 1 aromatic rings. The minimum Gasteiger partial charge on any atom is -0.388 e. The van der Waals surface area contributed by atoms with Crippen LogP contribution in [0.1, 0.15) is 42.1 Å². The van der Waals surface area contributed by atoms with Gasteiger partial charge in [-0.1, -0.05) is 18.2 Å².